The lowest BCUT2D eigenvalue weighted by Gasteiger charge is -2.17. The fraction of sp³-hybridized carbons (Fsp3) is 0.250. The summed E-state index contributed by atoms with van der Waals surface area (Å²) in [6.45, 7) is 2.57. The van der Waals surface area contributed by atoms with Crippen LogP contribution in [0, 0.1) is 5.82 Å². The van der Waals surface area contributed by atoms with Crippen molar-refractivity contribution in [1.29, 1.82) is 0 Å². The standard InChI is InChI=1S/C16H18ClFN2O/c1-2-21-13-6-4-12(5-7-13)16(20-19)10-11-3-8-15(18)14(17)9-11/h3-9,16,20H,2,10,19H2,1H3. The zero-order valence-electron chi connectivity index (χ0n) is 11.8. The molecule has 0 saturated heterocycles. The molecular formula is C16H18ClFN2O. The van der Waals surface area contributed by atoms with Gasteiger partial charge in [-0.2, -0.15) is 0 Å². The van der Waals surface area contributed by atoms with E-state index >= 15 is 0 Å². The van der Waals surface area contributed by atoms with Crippen molar-refractivity contribution in [3.8, 4) is 5.75 Å². The van der Waals surface area contributed by atoms with Crippen molar-refractivity contribution in [2.45, 2.75) is 19.4 Å². The van der Waals surface area contributed by atoms with E-state index < -0.39 is 5.82 Å². The number of rotatable bonds is 6. The molecule has 0 saturated carbocycles. The monoisotopic (exact) mass is 308 g/mol. The van der Waals surface area contributed by atoms with Crippen LogP contribution < -0.4 is 16.0 Å². The van der Waals surface area contributed by atoms with Gasteiger partial charge in [0.05, 0.1) is 11.6 Å². The van der Waals surface area contributed by atoms with Crippen molar-refractivity contribution < 1.29 is 9.13 Å². The summed E-state index contributed by atoms with van der Waals surface area (Å²) in [5.41, 5.74) is 4.72. The van der Waals surface area contributed by atoms with E-state index in [9.17, 15) is 4.39 Å². The summed E-state index contributed by atoms with van der Waals surface area (Å²) in [7, 11) is 0. The van der Waals surface area contributed by atoms with Gasteiger partial charge in [-0.25, -0.2) is 4.39 Å². The van der Waals surface area contributed by atoms with Crippen LogP contribution in [0.15, 0.2) is 42.5 Å². The molecule has 0 aliphatic rings. The minimum atomic E-state index is -0.418. The summed E-state index contributed by atoms with van der Waals surface area (Å²) >= 11 is 5.80. The maximum Gasteiger partial charge on any atom is 0.141 e. The molecule has 0 aliphatic heterocycles. The number of hydrogen-bond acceptors (Lipinski definition) is 3. The van der Waals surface area contributed by atoms with Crippen molar-refractivity contribution in [1.82, 2.24) is 5.43 Å². The minimum absolute atomic E-state index is 0.0813. The number of nitrogens with two attached hydrogens (primary N) is 1. The maximum atomic E-state index is 13.2. The Morgan fingerprint density at radius 1 is 1.24 bits per heavy atom. The van der Waals surface area contributed by atoms with Gasteiger partial charge in [-0.1, -0.05) is 29.8 Å². The fourth-order valence-corrected chi connectivity index (χ4v) is 2.34. The second-order valence-electron chi connectivity index (χ2n) is 4.67. The van der Waals surface area contributed by atoms with E-state index in [2.05, 4.69) is 5.43 Å². The molecule has 0 spiro atoms. The van der Waals surface area contributed by atoms with Crippen LogP contribution >= 0.6 is 11.6 Å². The van der Waals surface area contributed by atoms with Crippen molar-refractivity contribution in [3.05, 3.63) is 64.4 Å². The van der Waals surface area contributed by atoms with Gasteiger partial charge in [-0.05, 0) is 48.7 Å². The Hall–Kier alpha value is -1.62. The first-order valence-corrected chi connectivity index (χ1v) is 7.14. The normalized spacial score (nSPS) is 12.2. The Morgan fingerprint density at radius 3 is 2.52 bits per heavy atom. The minimum Gasteiger partial charge on any atom is -0.494 e. The van der Waals surface area contributed by atoms with E-state index in [0.29, 0.717) is 13.0 Å². The molecule has 3 N–H and O–H groups in total. The SMILES string of the molecule is CCOc1ccc(C(Cc2ccc(F)c(Cl)c2)NN)cc1. The Bertz CT molecular complexity index is 589. The second-order valence-corrected chi connectivity index (χ2v) is 5.08. The third-order valence-corrected chi connectivity index (χ3v) is 3.51. The first-order valence-electron chi connectivity index (χ1n) is 6.77. The molecule has 0 bridgehead atoms. The zero-order chi connectivity index (χ0) is 15.2. The van der Waals surface area contributed by atoms with E-state index in [-0.39, 0.29) is 11.1 Å². The van der Waals surface area contributed by atoms with Gasteiger partial charge in [0.15, 0.2) is 0 Å². The molecule has 112 valence electrons. The van der Waals surface area contributed by atoms with Gasteiger partial charge in [-0.15, -0.1) is 0 Å². The number of ether oxygens (including phenoxy) is 1. The number of benzene rings is 2. The lowest BCUT2D eigenvalue weighted by Crippen LogP contribution is -2.29. The van der Waals surface area contributed by atoms with E-state index in [4.69, 9.17) is 22.2 Å². The van der Waals surface area contributed by atoms with Crippen molar-refractivity contribution >= 4 is 11.6 Å². The van der Waals surface area contributed by atoms with Crippen LogP contribution in [0.2, 0.25) is 5.02 Å². The van der Waals surface area contributed by atoms with Gasteiger partial charge in [-0.3, -0.25) is 11.3 Å². The largest absolute Gasteiger partial charge is 0.494 e. The summed E-state index contributed by atoms with van der Waals surface area (Å²) in [5.74, 6) is 6.03. The Balaban J connectivity index is 2.13. The highest BCUT2D eigenvalue weighted by Crippen LogP contribution is 2.23. The summed E-state index contributed by atoms with van der Waals surface area (Å²) in [4.78, 5) is 0. The number of hydrogen-bond donors (Lipinski definition) is 2. The smallest absolute Gasteiger partial charge is 0.141 e. The molecule has 5 heteroatoms. The summed E-state index contributed by atoms with van der Waals surface area (Å²) in [5, 5.41) is 0.120. The van der Waals surface area contributed by atoms with Gasteiger partial charge in [0, 0.05) is 6.04 Å². The molecule has 1 atom stereocenters. The van der Waals surface area contributed by atoms with Crippen LogP contribution in [-0.2, 0) is 6.42 Å². The highest BCUT2D eigenvalue weighted by Gasteiger charge is 2.12. The quantitative estimate of drug-likeness (QED) is 0.633. The molecule has 2 aromatic carbocycles. The van der Waals surface area contributed by atoms with E-state index in [1.807, 2.05) is 31.2 Å². The van der Waals surface area contributed by atoms with Crippen LogP contribution in [0.3, 0.4) is 0 Å². The van der Waals surface area contributed by atoms with E-state index in [0.717, 1.165) is 16.9 Å². The topological polar surface area (TPSA) is 47.3 Å². The average molecular weight is 309 g/mol. The fourth-order valence-electron chi connectivity index (χ4n) is 2.14. The van der Waals surface area contributed by atoms with Gasteiger partial charge in [0.1, 0.15) is 11.6 Å². The van der Waals surface area contributed by atoms with Crippen molar-refractivity contribution in [2.24, 2.45) is 5.84 Å². The predicted octanol–water partition coefficient (Wildman–Crippen LogP) is 3.62. The summed E-state index contributed by atoms with van der Waals surface area (Å²) < 4.78 is 18.6. The number of hydrazine groups is 1. The van der Waals surface area contributed by atoms with Crippen LogP contribution in [0.25, 0.3) is 0 Å². The highest BCUT2D eigenvalue weighted by atomic mass is 35.5. The predicted molar refractivity (Wildman–Crippen MR) is 82.8 cm³/mol. The second kappa shape index (κ2) is 7.41. The molecular weight excluding hydrogens is 291 g/mol. The molecule has 0 radical (unpaired) electrons. The summed E-state index contributed by atoms with van der Waals surface area (Å²) in [6.07, 6.45) is 0.616. The molecule has 0 amide bonds. The van der Waals surface area contributed by atoms with Crippen molar-refractivity contribution in [3.63, 3.8) is 0 Å². The maximum absolute atomic E-state index is 13.2. The molecule has 3 nitrogen and oxygen atoms in total. The van der Waals surface area contributed by atoms with Crippen LogP contribution in [0.5, 0.6) is 5.75 Å². The van der Waals surface area contributed by atoms with Crippen LogP contribution in [0.1, 0.15) is 24.1 Å². The van der Waals surface area contributed by atoms with Crippen LogP contribution in [0.4, 0.5) is 4.39 Å². The molecule has 0 aliphatic carbocycles. The molecule has 0 heterocycles. The highest BCUT2D eigenvalue weighted by molar-refractivity contribution is 6.30. The molecule has 0 aromatic heterocycles. The average Bonchev–Trinajstić information content (AvgIpc) is 2.50. The molecule has 1 unspecified atom stereocenters. The third kappa shape index (κ3) is 4.17. The van der Waals surface area contributed by atoms with Gasteiger partial charge < -0.3 is 4.74 Å². The van der Waals surface area contributed by atoms with Gasteiger partial charge >= 0.3 is 0 Å². The number of halogens is 2. The van der Waals surface area contributed by atoms with Gasteiger partial charge in [0.25, 0.3) is 0 Å². The Labute approximate surface area is 128 Å². The first-order chi connectivity index (χ1) is 10.1. The first kappa shape index (κ1) is 15.8. The van der Waals surface area contributed by atoms with Gasteiger partial charge in [0.2, 0.25) is 0 Å². The van der Waals surface area contributed by atoms with Crippen molar-refractivity contribution in [2.75, 3.05) is 6.61 Å². The van der Waals surface area contributed by atoms with Crippen LogP contribution in [-0.4, -0.2) is 6.61 Å². The lowest BCUT2D eigenvalue weighted by molar-refractivity contribution is 0.340. The third-order valence-electron chi connectivity index (χ3n) is 3.22. The molecule has 0 fully saturated rings. The number of nitrogens with one attached hydrogen (secondary N) is 1. The molecule has 2 rings (SSSR count). The lowest BCUT2D eigenvalue weighted by atomic mass is 9.99. The molecule has 2 aromatic rings. The Kier molecular flexibility index (Phi) is 5.56. The van der Waals surface area contributed by atoms with E-state index in [1.54, 1.807) is 12.1 Å². The van der Waals surface area contributed by atoms with E-state index in [1.165, 1.54) is 6.07 Å². The molecule has 21 heavy (non-hydrogen) atoms. The summed E-state index contributed by atoms with van der Waals surface area (Å²) in [6, 6.07) is 12.3. The zero-order valence-corrected chi connectivity index (χ0v) is 12.5. The Morgan fingerprint density at radius 2 is 1.95 bits per heavy atom.